The Labute approximate surface area is 194 Å². The Hall–Kier alpha value is -1.32. The van der Waals surface area contributed by atoms with Gasteiger partial charge in [-0.25, -0.2) is 0 Å². The highest BCUT2D eigenvalue weighted by atomic mass is 16.5. The predicted octanol–water partition coefficient (Wildman–Crippen LogP) is 6.77. The van der Waals surface area contributed by atoms with Crippen LogP contribution in [0.15, 0.2) is 16.8 Å². The maximum absolute atomic E-state index is 13.3. The predicted molar refractivity (Wildman–Crippen MR) is 126 cm³/mol. The molecule has 5 aliphatic rings. The highest BCUT2D eigenvalue weighted by molar-refractivity contribution is 5.89. The second-order valence-electron chi connectivity index (χ2n) is 13.5. The fourth-order valence-corrected chi connectivity index (χ4v) is 9.77. The van der Waals surface area contributed by atoms with Crippen LogP contribution >= 0.6 is 0 Å². The normalized spacial score (nSPS) is 50.5. The monoisotopic (exact) mass is 441 g/mol. The van der Waals surface area contributed by atoms with Crippen molar-refractivity contribution in [2.75, 3.05) is 7.11 Å². The summed E-state index contributed by atoms with van der Waals surface area (Å²) in [6.45, 7) is 12.3. The number of esters is 1. The number of oxime groups is 1. The van der Waals surface area contributed by atoms with E-state index in [1.54, 1.807) is 12.7 Å². The van der Waals surface area contributed by atoms with Crippen molar-refractivity contribution in [3.8, 4) is 0 Å². The molecule has 0 aliphatic heterocycles. The van der Waals surface area contributed by atoms with Crippen LogP contribution in [0.25, 0.3) is 0 Å². The molecule has 0 aromatic rings. The summed E-state index contributed by atoms with van der Waals surface area (Å²) in [7, 11) is 1.58. The van der Waals surface area contributed by atoms with Gasteiger partial charge in [0.2, 0.25) is 0 Å². The van der Waals surface area contributed by atoms with Crippen LogP contribution in [0, 0.1) is 44.8 Å². The smallest absolute Gasteiger partial charge is 0.312 e. The van der Waals surface area contributed by atoms with Crippen LogP contribution in [0.5, 0.6) is 0 Å². The number of carbonyl (C=O) groups excluding carboxylic acids is 1. The summed E-state index contributed by atoms with van der Waals surface area (Å²) in [5.41, 5.74) is 3.11. The molecule has 0 aromatic heterocycles. The van der Waals surface area contributed by atoms with E-state index >= 15 is 0 Å². The van der Waals surface area contributed by atoms with Crippen molar-refractivity contribution >= 4 is 11.7 Å². The number of methoxy groups -OCH3 is 1. The van der Waals surface area contributed by atoms with Gasteiger partial charge in [0.15, 0.2) is 0 Å². The largest absolute Gasteiger partial charge is 0.469 e. The number of hydrogen-bond donors (Lipinski definition) is 1. The van der Waals surface area contributed by atoms with Crippen LogP contribution in [0.1, 0.15) is 98.8 Å². The van der Waals surface area contributed by atoms with Gasteiger partial charge in [-0.05, 0) is 97.7 Å². The summed E-state index contributed by atoms with van der Waals surface area (Å²) < 4.78 is 5.46. The molecule has 0 saturated heterocycles. The van der Waals surface area contributed by atoms with Crippen molar-refractivity contribution < 1.29 is 14.7 Å². The third-order valence-electron chi connectivity index (χ3n) is 11.9. The lowest BCUT2D eigenvalue weighted by Gasteiger charge is -2.68. The van der Waals surface area contributed by atoms with Gasteiger partial charge in [0.1, 0.15) is 0 Å². The quantitative estimate of drug-likeness (QED) is 0.211. The van der Waals surface area contributed by atoms with Gasteiger partial charge in [-0.2, -0.15) is 0 Å². The first-order valence-corrected chi connectivity index (χ1v) is 13.0. The van der Waals surface area contributed by atoms with Gasteiger partial charge in [-0.15, -0.1) is 0 Å². The van der Waals surface area contributed by atoms with Crippen LogP contribution in [0.3, 0.4) is 0 Å². The van der Waals surface area contributed by atoms with Crippen molar-refractivity contribution in [3.05, 3.63) is 11.6 Å². The van der Waals surface area contributed by atoms with Crippen molar-refractivity contribution in [2.24, 2.45) is 50.0 Å². The average Bonchev–Trinajstić information content (AvgIpc) is 3.09. The third kappa shape index (κ3) is 2.61. The zero-order valence-corrected chi connectivity index (χ0v) is 21.1. The molecule has 0 spiro atoms. The first-order chi connectivity index (χ1) is 15.0. The van der Waals surface area contributed by atoms with Gasteiger partial charge in [0, 0.05) is 5.92 Å². The van der Waals surface area contributed by atoms with Gasteiger partial charge >= 0.3 is 5.97 Å². The van der Waals surface area contributed by atoms with E-state index in [1.165, 1.54) is 6.42 Å². The molecule has 0 heterocycles. The Morgan fingerprint density at radius 1 is 1.03 bits per heavy atom. The summed E-state index contributed by atoms with van der Waals surface area (Å²) >= 11 is 0. The Balaban J connectivity index is 1.60. The second-order valence-corrected chi connectivity index (χ2v) is 13.5. The molecule has 7 atom stereocenters. The number of nitrogens with zero attached hydrogens (tertiary/aromatic N) is 1. The van der Waals surface area contributed by atoms with E-state index in [1.807, 2.05) is 0 Å². The number of rotatable bonds is 1. The molecule has 7 unspecified atom stereocenters. The van der Waals surface area contributed by atoms with Gasteiger partial charge in [0.05, 0.1) is 18.2 Å². The maximum Gasteiger partial charge on any atom is 0.312 e. The Kier molecular flexibility index (Phi) is 4.81. The molecule has 0 amide bonds. The molecule has 0 radical (unpaired) electrons. The number of hydrogen-bond acceptors (Lipinski definition) is 4. The highest BCUT2D eigenvalue weighted by Crippen LogP contribution is 2.74. The molecule has 5 aliphatic carbocycles. The third-order valence-corrected chi connectivity index (χ3v) is 11.9. The minimum absolute atomic E-state index is 0.0310. The number of fused-ring (bicyclic) bond motifs is 7. The van der Waals surface area contributed by atoms with E-state index in [0.29, 0.717) is 17.8 Å². The zero-order chi connectivity index (χ0) is 23.2. The summed E-state index contributed by atoms with van der Waals surface area (Å²) in [5, 5.41) is 13.4. The summed E-state index contributed by atoms with van der Waals surface area (Å²) in [6, 6.07) is 0. The standard InChI is InChI=1S/C28H43NO3/c1-24(2)13-15-28(23(30)32-6)16-14-26(4)18(20(28)17-24)7-8-22-25(3)11-10-21(29-31)19(25)9-12-27(22,26)5/h7,19-20,22,31H,8-17H2,1-6H3. The molecular weight excluding hydrogens is 398 g/mol. The van der Waals surface area contributed by atoms with Crippen molar-refractivity contribution in [3.63, 3.8) is 0 Å². The molecule has 0 bridgehead atoms. The van der Waals surface area contributed by atoms with Gasteiger partial charge in [-0.3, -0.25) is 4.79 Å². The summed E-state index contributed by atoms with van der Waals surface area (Å²) in [6.07, 6.45) is 13.3. The van der Waals surface area contributed by atoms with Gasteiger partial charge < -0.3 is 9.94 Å². The number of allylic oxidation sites excluding steroid dienone is 2. The average molecular weight is 442 g/mol. The molecule has 4 nitrogen and oxygen atoms in total. The van der Waals surface area contributed by atoms with Crippen LogP contribution in [0.4, 0.5) is 0 Å². The van der Waals surface area contributed by atoms with Crippen LogP contribution < -0.4 is 0 Å². The number of carbonyl (C=O) groups is 1. The molecule has 5 rings (SSSR count). The summed E-state index contributed by atoms with van der Waals surface area (Å²) in [4.78, 5) is 13.3. The van der Waals surface area contributed by atoms with E-state index in [9.17, 15) is 10.0 Å². The lowest BCUT2D eigenvalue weighted by atomic mass is 9.36. The number of ether oxygens (including phenoxy) is 1. The van der Waals surface area contributed by atoms with Crippen molar-refractivity contribution in [1.29, 1.82) is 0 Å². The molecule has 4 saturated carbocycles. The fraction of sp³-hybridized carbons (Fsp3) is 0.857. The van der Waals surface area contributed by atoms with E-state index in [2.05, 4.69) is 45.9 Å². The van der Waals surface area contributed by atoms with Crippen LogP contribution in [-0.2, 0) is 9.53 Å². The molecule has 0 aromatic carbocycles. The fourth-order valence-electron chi connectivity index (χ4n) is 9.77. The molecule has 32 heavy (non-hydrogen) atoms. The lowest BCUT2D eigenvalue weighted by molar-refractivity contribution is -0.173. The second kappa shape index (κ2) is 6.85. The van der Waals surface area contributed by atoms with Crippen molar-refractivity contribution in [1.82, 2.24) is 0 Å². The molecule has 178 valence electrons. The molecule has 4 fully saturated rings. The topological polar surface area (TPSA) is 58.9 Å². The molecule has 1 N–H and O–H groups in total. The minimum atomic E-state index is -0.329. The maximum atomic E-state index is 13.3. The van der Waals surface area contributed by atoms with Gasteiger partial charge in [0.25, 0.3) is 0 Å². The van der Waals surface area contributed by atoms with Crippen LogP contribution in [0.2, 0.25) is 0 Å². The van der Waals surface area contributed by atoms with E-state index in [-0.39, 0.29) is 33.0 Å². The molecule has 4 heteroatoms. The van der Waals surface area contributed by atoms with Crippen LogP contribution in [-0.4, -0.2) is 24.0 Å². The summed E-state index contributed by atoms with van der Waals surface area (Å²) in [5.74, 6) is 1.36. The Morgan fingerprint density at radius 3 is 2.44 bits per heavy atom. The zero-order valence-electron chi connectivity index (χ0n) is 21.1. The Morgan fingerprint density at radius 2 is 1.75 bits per heavy atom. The first kappa shape index (κ1) is 22.5. The van der Waals surface area contributed by atoms with Crippen molar-refractivity contribution in [2.45, 2.75) is 98.8 Å². The first-order valence-electron chi connectivity index (χ1n) is 13.0. The molecular formula is C28H43NO3. The van der Waals surface area contributed by atoms with E-state index in [4.69, 9.17) is 4.74 Å². The lowest BCUT2D eigenvalue weighted by Crippen LogP contribution is -2.62. The van der Waals surface area contributed by atoms with Gasteiger partial charge in [-0.1, -0.05) is 51.4 Å². The van der Waals surface area contributed by atoms with E-state index < -0.39 is 0 Å². The highest BCUT2D eigenvalue weighted by Gasteiger charge is 2.68. The van der Waals surface area contributed by atoms with E-state index in [0.717, 1.165) is 63.5 Å². The Bertz CT molecular complexity index is 889. The minimum Gasteiger partial charge on any atom is -0.469 e. The SMILES string of the molecule is COC(=O)C12CCC(C)(C)CC1C1=CCC3C4(C)CCC(=NO)C4CCC3(C)C1(C)CC2.